The number of urea groups is 1. The maximum absolute atomic E-state index is 13.1. The number of hydrogen-bond donors (Lipinski definition) is 2. The van der Waals surface area contributed by atoms with E-state index in [1.807, 2.05) is 49.3 Å². The minimum absolute atomic E-state index is 0.0337. The van der Waals surface area contributed by atoms with E-state index in [0.717, 1.165) is 18.5 Å². The Labute approximate surface area is 191 Å². The summed E-state index contributed by atoms with van der Waals surface area (Å²) in [5.41, 5.74) is 0.983. The Morgan fingerprint density at radius 3 is 2.29 bits per heavy atom. The molecule has 7 nitrogen and oxygen atoms in total. The number of nitrogens with one attached hydrogen (secondary N) is 2. The normalized spacial score (nSPS) is 12.0. The van der Waals surface area contributed by atoms with Crippen LogP contribution in [0.2, 0.25) is 0 Å². The van der Waals surface area contributed by atoms with Gasteiger partial charge in [0, 0.05) is 45.3 Å². The smallest absolute Gasteiger partial charge is 0.318 e. The molecule has 0 saturated carbocycles. The first kappa shape index (κ1) is 27.0. The molecule has 31 heavy (non-hydrogen) atoms. The van der Waals surface area contributed by atoms with Gasteiger partial charge in [0.2, 0.25) is 5.91 Å². The zero-order chi connectivity index (χ0) is 23.2. The Bertz CT molecular complexity index is 683. The molecule has 0 radical (unpaired) electrons. The number of hydrogen-bond acceptors (Lipinski definition) is 5. The van der Waals surface area contributed by atoms with Gasteiger partial charge in [-0.15, -0.1) is 0 Å². The number of carbonyl (C=O) groups excluding carboxylic acids is 3. The van der Waals surface area contributed by atoms with E-state index in [9.17, 15) is 14.4 Å². The van der Waals surface area contributed by atoms with Gasteiger partial charge in [-0.3, -0.25) is 9.59 Å². The first-order valence-electron chi connectivity index (χ1n) is 10.8. The maximum Gasteiger partial charge on any atom is 0.318 e. The number of thioether (sulfide) groups is 1. The Balaban J connectivity index is 2.85. The topological polar surface area (TPSA) is 81.8 Å². The van der Waals surface area contributed by atoms with Crippen molar-refractivity contribution >= 4 is 28.8 Å². The van der Waals surface area contributed by atoms with Gasteiger partial charge in [-0.05, 0) is 32.0 Å². The van der Waals surface area contributed by atoms with Crippen LogP contribution in [0.4, 0.5) is 4.79 Å². The minimum atomic E-state index is -0.668. The molecule has 1 aromatic rings. The predicted octanol–water partition coefficient (Wildman–Crippen LogP) is 2.61. The zero-order valence-corrected chi connectivity index (χ0v) is 20.3. The van der Waals surface area contributed by atoms with Crippen LogP contribution < -0.4 is 10.6 Å². The van der Waals surface area contributed by atoms with E-state index in [2.05, 4.69) is 24.5 Å². The summed E-state index contributed by atoms with van der Waals surface area (Å²) in [6.07, 6.45) is 1.27. The van der Waals surface area contributed by atoms with Gasteiger partial charge in [0.1, 0.15) is 6.04 Å². The summed E-state index contributed by atoms with van der Waals surface area (Å²) >= 11 is 1.21. The van der Waals surface area contributed by atoms with E-state index in [-0.39, 0.29) is 17.1 Å². The molecule has 0 bridgehead atoms. The fourth-order valence-corrected chi connectivity index (χ4v) is 3.45. The van der Waals surface area contributed by atoms with E-state index in [1.54, 1.807) is 4.90 Å². The summed E-state index contributed by atoms with van der Waals surface area (Å²) in [5.74, 6) is 0.797. The van der Waals surface area contributed by atoms with Crippen LogP contribution in [0.3, 0.4) is 0 Å². The number of nitrogens with zero attached hydrogens (tertiary/aromatic N) is 2. The molecule has 0 aromatic heterocycles. The number of carbonyl (C=O) groups is 3. The molecular formula is C23H38N4O3S. The quantitative estimate of drug-likeness (QED) is 0.483. The third-order valence-corrected chi connectivity index (χ3v) is 5.48. The van der Waals surface area contributed by atoms with Gasteiger partial charge >= 0.3 is 6.03 Å². The second-order valence-electron chi connectivity index (χ2n) is 8.30. The first-order valence-corrected chi connectivity index (χ1v) is 11.8. The summed E-state index contributed by atoms with van der Waals surface area (Å²) in [6.45, 7) is 8.02. The van der Waals surface area contributed by atoms with E-state index in [0.29, 0.717) is 37.7 Å². The molecule has 0 aliphatic heterocycles. The lowest BCUT2D eigenvalue weighted by molar-refractivity contribution is -0.123. The molecule has 2 N–H and O–H groups in total. The fraction of sp³-hybridized carbons (Fsp3) is 0.609. The van der Waals surface area contributed by atoms with E-state index >= 15 is 0 Å². The first-order chi connectivity index (χ1) is 14.7. The Kier molecular flexibility index (Phi) is 12.9. The molecule has 1 atom stereocenters. The summed E-state index contributed by atoms with van der Waals surface area (Å²) in [6, 6.07) is 8.73. The van der Waals surface area contributed by atoms with Gasteiger partial charge in [-0.25, -0.2) is 4.79 Å². The van der Waals surface area contributed by atoms with Crippen molar-refractivity contribution in [3.8, 4) is 0 Å². The summed E-state index contributed by atoms with van der Waals surface area (Å²) in [7, 11) is 3.89. The van der Waals surface area contributed by atoms with Crippen LogP contribution in [-0.2, 0) is 16.0 Å². The van der Waals surface area contributed by atoms with E-state index in [4.69, 9.17) is 0 Å². The largest absolute Gasteiger partial charge is 0.353 e. The lowest BCUT2D eigenvalue weighted by Gasteiger charge is -2.27. The minimum Gasteiger partial charge on any atom is -0.353 e. The van der Waals surface area contributed by atoms with Crippen molar-refractivity contribution in [2.45, 2.75) is 39.7 Å². The van der Waals surface area contributed by atoms with Gasteiger partial charge in [-0.2, -0.15) is 0 Å². The Morgan fingerprint density at radius 1 is 1.03 bits per heavy atom. The number of amides is 3. The summed E-state index contributed by atoms with van der Waals surface area (Å²) in [4.78, 5) is 40.9. The molecule has 0 spiro atoms. The molecule has 174 valence electrons. The predicted molar refractivity (Wildman–Crippen MR) is 128 cm³/mol. The lowest BCUT2D eigenvalue weighted by atomic mass is 10.1. The van der Waals surface area contributed by atoms with Crippen molar-refractivity contribution in [3.63, 3.8) is 0 Å². The van der Waals surface area contributed by atoms with Crippen molar-refractivity contribution in [1.29, 1.82) is 0 Å². The second kappa shape index (κ2) is 14.9. The van der Waals surface area contributed by atoms with Crippen LogP contribution in [0.15, 0.2) is 30.3 Å². The van der Waals surface area contributed by atoms with Crippen LogP contribution in [0.5, 0.6) is 0 Å². The SMILES string of the molecule is CC(=O)SCCN(CCC(C)C)C(=O)N[C@@H](Cc1ccccc1)C(=O)NCCN(C)C. The highest BCUT2D eigenvalue weighted by Gasteiger charge is 2.24. The Morgan fingerprint density at radius 2 is 1.71 bits per heavy atom. The monoisotopic (exact) mass is 450 g/mol. The average molecular weight is 451 g/mol. The lowest BCUT2D eigenvalue weighted by Crippen LogP contribution is -2.53. The van der Waals surface area contributed by atoms with Gasteiger partial charge in [0.05, 0.1) is 0 Å². The standard InChI is InChI=1S/C23H38N4O3S/c1-18(2)11-13-27(15-16-31-19(3)28)23(30)25-21(17-20-9-7-6-8-10-20)22(29)24-12-14-26(4)5/h6-10,18,21H,11-17H2,1-5H3,(H,24,29)(H,25,30)/t21-/m0/s1. The van der Waals surface area contributed by atoms with Crippen LogP contribution in [-0.4, -0.2) is 78.9 Å². The number of likely N-dealkylation sites (N-methyl/N-ethyl adjacent to an activating group) is 1. The molecule has 1 aromatic carbocycles. The summed E-state index contributed by atoms with van der Waals surface area (Å²) in [5, 5.41) is 5.89. The van der Waals surface area contributed by atoms with Crippen molar-refractivity contribution in [2.75, 3.05) is 46.0 Å². The molecule has 1 rings (SSSR count). The van der Waals surface area contributed by atoms with Crippen molar-refractivity contribution in [2.24, 2.45) is 5.92 Å². The maximum atomic E-state index is 13.1. The van der Waals surface area contributed by atoms with Gasteiger partial charge in [0.25, 0.3) is 0 Å². The van der Waals surface area contributed by atoms with Crippen LogP contribution >= 0.6 is 11.8 Å². The molecule has 0 aliphatic rings. The molecule has 0 fully saturated rings. The Hall–Kier alpha value is -2.06. The third kappa shape index (κ3) is 12.4. The van der Waals surface area contributed by atoms with E-state index in [1.165, 1.54) is 18.7 Å². The highest BCUT2D eigenvalue weighted by Crippen LogP contribution is 2.08. The molecule has 0 heterocycles. The highest BCUT2D eigenvalue weighted by atomic mass is 32.2. The summed E-state index contributed by atoms with van der Waals surface area (Å²) < 4.78 is 0. The van der Waals surface area contributed by atoms with Crippen LogP contribution in [0.1, 0.15) is 32.8 Å². The highest BCUT2D eigenvalue weighted by molar-refractivity contribution is 8.13. The number of rotatable bonds is 13. The van der Waals surface area contributed by atoms with Crippen LogP contribution in [0.25, 0.3) is 0 Å². The van der Waals surface area contributed by atoms with Crippen molar-refractivity contribution in [3.05, 3.63) is 35.9 Å². The van der Waals surface area contributed by atoms with Crippen LogP contribution in [0, 0.1) is 5.92 Å². The fourth-order valence-electron chi connectivity index (χ4n) is 2.85. The van der Waals surface area contributed by atoms with E-state index < -0.39 is 6.04 Å². The van der Waals surface area contributed by atoms with Gasteiger partial charge in [-0.1, -0.05) is 55.9 Å². The molecule has 0 unspecified atom stereocenters. The van der Waals surface area contributed by atoms with Crippen molar-refractivity contribution in [1.82, 2.24) is 20.4 Å². The van der Waals surface area contributed by atoms with Gasteiger partial charge < -0.3 is 20.4 Å². The zero-order valence-electron chi connectivity index (χ0n) is 19.5. The molecular weight excluding hydrogens is 412 g/mol. The molecule has 0 aliphatic carbocycles. The molecule has 3 amide bonds. The number of benzene rings is 1. The molecule has 0 saturated heterocycles. The second-order valence-corrected chi connectivity index (χ2v) is 9.57. The van der Waals surface area contributed by atoms with Crippen molar-refractivity contribution < 1.29 is 14.4 Å². The molecule has 8 heteroatoms. The average Bonchev–Trinajstić information content (AvgIpc) is 2.69. The third-order valence-electron chi connectivity index (χ3n) is 4.69. The van der Waals surface area contributed by atoms with Gasteiger partial charge in [0.15, 0.2) is 5.12 Å².